The van der Waals surface area contributed by atoms with E-state index in [1.165, 1.54) is 31.2 Å². The molecule has 10 atom stereocenters. The Labute approximate surface area is 294 Å². The van der Waals surface area contributed by atoms with Crippen LogP contribution < -0.4 is 24.4 Å². The fourth-order valence-corrected chi connectivity index (χ4v) is 5.60. The van der Waals surface area contributed by atoms with Crippen LogP contribution in [0.1, 0.15) is 6.92 Å². The Kier molecular flexibility index (Phi) is 13.1. The molecule has 0 spiro atoms. The van der Waals surface area contributed by atoms with Crippen molar-refractivity contribution in [2.45, 2.75) is 68.3 Å². The van der Waals surface area contributed by atoms with Crippen molar-refractivity contribution in [1.82, 2.24) is 0 Å². The molecule has 19 heteroatoms. The van der Waals surface area contributed by atoms with E-state index < -0.39 is 84.9 Å². The highest BCUT2D eigenvalue weighted by atomic mass is 16.7. The molecule has 0 bridgehead atoms. The summed E-state index contributed by atoms with van der Waals surface area (Å²) in [6.07, 6.45) is -16.3. The minimum Gasteiger partial charge on any atom is -0.507 e. The minimum absolute atomic E-state index is 0.0380. The van der Waals surface area contributed by atoms with E-state index in [1.54, 1.807) is 0 Å². The van der Waals surface area contributed by atoms with E-state index in [4.69, 9.17) is 37.6 Å². The van der Waals surface area contributed by atoms with E-state index in [-0.39, 0.29) is 79.2 Å². The van der Waals surface area contributed by atoms with Crippen LogP contribution in [-0.2, 0) is 14.2 Å². The van der Waals surface area contributed by atoms with Gasteiger partial charge in [0.05, 0.1) is 32.5 Å². The number of aliphatic hydroxyl groups excluding tert-OH is 9. The number of phenolic OH excluding ortho intramolecular Hbond substituents is 1. The van der Waals surface area contributed by atoms with Crippen LogP contribution >= 0.6 is 0 Å². The molecule has 3 heterocycles. The maximum atomic E-state index is 14.1. The van der Waals surface area contributed by atoms with Gasteiger partial charge in [0.25, 0.3) is 0 Å². The van der Waals surface area contributed by atoms with Gasteiger partial charge in [0, 0.05) is 17.7 Å². The first-order valence-corrected chi connectivity index (χ1v) is 16.3. The van der Waals surface area contributed by atoms with E-state index >= 15 is 0 Å². The zero-order chi connectivity index (χ0) is 37.7. The summed E-state index contributed by atoms with van der Waals surface area (Å²) in [6, 6.07) is 6.59. The number of hydrogen-bond donors (Lipinski definition) is 10. The summed E-state index contributed by atoms with van der Waals surface area (Å²) in [5.74, 6) is -1.31. The molecule has 288 valence electrons. The number of rotatable bonds is 15. The molecule has 0 radical (unpaired) electrons. The number of hydrogen-bond acceptors (Lipinski definition) is 19. The van der Waals surface area contributed by atoms with E-state index in [9.17, 15) is 55.9 Å². The summed E-state index contributed by atoms with van der Waals surface area (Å²) in [6.45, 7) is -0.648. The first-order valence-electron chi connectivity index (χ1n) is 16.3. The van der Waals surface area contributed by atoms with Crippen LogP contribution in [0.15, 0.2) is 39.5 Å². The molecule has 2 aromatic carbocycles. The number of phenols is 1. The van der Waals surface area contributed by atoms with Crippen molar-refractivity contribution in [2.24, 2.45) is 0 Å². The quantitative estimate of drug-likeness (QED) is 0.0758. The van der Waals surface area contributed by atoms with Gasteiger partial charge in [-0.05, 0) is 25.1 Å². The first-order chi connectivity index (χ1) is 24.9. The Hall–Kier alpha value is -3.83. The molecule has 2 aliphatic rings. The van der Waals surface area contributed by atoms with Gasteiger partial charge in [0.15, 0.2) is 23.5 Å². The summed E-state index contributed by atoms with van der Waals surface area (Å²) in [7, 11) is 0. The lowest BCUT2D eigenvalue weighted by Gasteiger charge is -2.42. The molecule has 0 saturated carbocycles. The van der Waals surface area contributed by atoms with Crippen molar-refractivity contribution < 1.29 is 88.6 Å². The Morgan fingerprint density at radius 2 is 1.35 bits per heavy atom. The van der Waals surface area contributed by atoms with Gasteiger partial charge in [-0.1, -0.05) is 0 Å². The summed E-state index contributed by atoms with van der Waals surface area (Å²) in [5.41, 5.74) is -1.08. The highest BCUT2D eigenvalue weighted by molar-refractivity contribution is 5.88. The van der Waals surface area contributed by atoms with Crippen molar-refractivity contribution in [1.29, 1.82) is 0 Å². The molecular weight excluding hydrogens is 700 g/mol. The SMILES string of the molecule is CC1O[C@@H](OCC2O[C@@H](Oc3c(-c4ccc(OCCO)c(OCCO)c4)oc4cc(OCCO)cc(O)c4c3=O)C(O)C(O)[C@H]2O)C(O)C(O)[C@H]1O. The van der Waals surface area contributed by atoms with Crippen molar-refractivity contribution in [2.75, 3.05) is 46.2 Å². The number of fused-ring (bicyclic) bond motifs is 1. The van der Waals surface area contributed by atoms with Crippen molar-refractivity contribution >= 4 is 11.0 Å². The Bertz CT molecular complexity index is 1700. The van der Waals surface area contributed by atoms with Crippen LogP contribution in [0.4, 0.5) is 0 Å². The summed E-state index contributed by atoms with van der Waals surface area (Å²) < 4.78 is 45.1. The molecular formula is C33H42O19. The largest absolute Gasteiger partial charge is 0.507 e. The molecule has 10 N–H and O–H groups in total. The maximum Gasteiger partial charge on any atom is 0.239 e. The fraction of sp³-hybridized carbons (Fsp3) is 0.545. The molecule has 19 nitrogen and oxygen atoms in total. The van der Waals surface area contributed by atoms with Gasteiger partial charge in [-0.15, -0.1) is 0 Å². The van der Waals surface area contributed by atoms with E-state index in [2.05, 4.69) is 0 Å². The Balaban J connectivity index is 1.53. The Morgan fingerprint density at radius 3 is 2.04 bits per heavy atom. The van der Waals surface area contributed by atoms with Crippen molar-refractivity contribution in [3.63, 3.8) is 0 Å². The number of ether oxygens (including phenoxy) is 7. The Morgan fingerprint density at radius 1 is 0.712 bits per heavy atom. The second-order valence-corrected chi connectivity index (χ2v) is 11.9. The smallest absolute Gasteiger partial charge is 0.239 e. The van der Waals surface area contributed by atoms with Gasteiger partial charge in [-0.25, -0.2) is 0 Å². The maximum absolute atomic E-state index is 14.1. The van der Waals surface area contributed by atoms with Crippen LogP contribution in [-0.4, -0.2) is 159 Å². The zero-order valence-corrected chi connectivity index (χ0v) is 27.8. The normalized spacial score (nSPS) is 29.2. The second kappa shape index (κ2) is 17.3. The minimum atomic E-state index is -1.98. The van der Waals surface area contributed by atoms with Gasteiger partial charge in [-0.2, -0.15) is 0 Å². The van der Waals surface area contributed by atoms with E-state index in [0.717, 1.165) is 6.07 Å². The second-order valence-electron chi connectivity index (χ2n) is 11.9. The topological polar surface area (TPSA) is 297 Å². The third-order valence-corrected chi connectivity index (χ3v) is 8.31. The molecule has 0 amide bonds. The molecule has 0 aliphatic carbocycles. The molecule has 1 aromatic heterocycles. The molecule has 3 aromatic rings. The van der Waals surface area contributed by atoms with Gasteiger partial charge in [0.1, 0.15) is 85.0 Å². The monoisotopic (exact) mass is 742 g/mol. The van der Waals surface area contributed by atoms with Crippen LogP contribution in [0.2, 0.25) is 0 Å². The van der Waals surface area contributed by atoms with E-state index in [1.807, 2.05) is 0 Å². The molecule has 5 rings (SSSR count). The zero-order valence-electron chi connectivity index (χ0n) is 27.8. The van der Waals surface area contributed by atoms with Crippen LogP contribution in [0.25, 0.3) is 22.3 Å². The molecule has 2 fully saturated rings. The summed E-state index contributed by atoms with van der Waals surface area (Å²) in [5, 5.41) is 101. The number of aromatic hydroxyl groups is 1. The predicted molar refractivity (Wildman–Crippen MR) is 173 cm³/mol. The number of aliphatic hydroxyl groups is 9. The van der Waals surface area contributed by atoms with Crippen molar-refractivity contribution in [3.8, 4) is 40.1 Å². The van der Waals surface area contributed by atoms with Gasteiger partial charge in [-0.3, -0.25) is 4.79 Å². The molecule has 52 heavy (non-hydrogen) atoms. The lowest BCUT2D eigenvalue weighted by molar-refractivity contribution is -0.318. The van der Waals surface area contributed by atoms with Gasteiger partial charge in [0.2, 0.25) is 17.5 Å². The fourth-order valence-electron chi connectivity index (χ4n) is 5.60. The molecule has 2 aliphatic heterocycles. The van der Waals surface area contributed by atoms with Crippen LogP contribution in [0.3, 0.4) is 0 Å². The third-order valence-electron chi connectivity index (χ3n) is 8.31. The lowest BCUT2D eigenvalue weighted by atomic mass is 9.98. The van der Waals surface area contributed by atoms with Crippen molar-refractivity contribution in [3.05, 3.63) is 40.6 Å². The third kappa shape index (κ3) is 8.36. The average Bonchev–Trinajstić information content (AvgIpc) is 3.13. The van der Waals surface area contributed by atoms with Gasteiger partial charge < -0.3 is 88.6 Å². The predicted octanol–water partition coefficient (Wildman–Crippen LogP) is -2.69. The highest BCUT2D eigenvalue weighted by Crippen LogP contribution is 2.40. The summed E-state index contributed by atoms with van der Waals surface area (Å²) >= 11 is 0. The average molecular weight is 743 g/mol. The lowest BCUT2D eigenvalue weighted by Crippen LogP contribution is -2.61. The first kappa shape index (κ1) is 39.4. The van der Waals surface area contributed by atoms with Gasteiger partial charge >= 0.3 is 0 Å². The summed E-state index contributed by atoms with van der Waals surface area (Å²) in [4.78, 5) is 14.1. The molecule has 6 unspecified atom stereocenters. The number of benzene rings is 2. The molecule has 2 saturated heterocycles. The van der Waals surface area contributed by atoms with E-state index in [0.29, 0.717) is 0 Å². The standard InChI is InChI=1S/C33H42O19/c1-14-23(38)26(41)28(43)32(49-14)48-13-21-24(39)27(42)29(44)33(51-21)52-31-25(40)22-17(37)11-16(45-7-4-34)12-20(22)50-30(31)15-2-3-18(46-8-5-35)19(10-15)47-9-6-36/h2-3,10-12,14,21,23-24,26-29,32-39,41-44H,4-9,13H2,1H3/t14?,21?,23-,24-,26?,27?,28?,29?,32+,33-/m0/s1. The highest BCUT2D eigenvalue weighted by Gasteiger charge is 2.48. The van der Waals surface area contributed by atoms with Crippen LogP contribution in [0.5, 0.6) is 28.7 Å². The van der Waals surface area contributed by atoms with Crippen LogP contribution in [0, 0.1) is 0 Å².